The van der Waals surface area contributed by atoms with Crippen LogP contribution in [0.1, 0.15) is 21.7 Å². The molecule has 0 atom stereocenters. The summed E-state index contributed by atoms with van der Waals surface area (Å²) in [6.07, 6.45) is -4.74. The number of aromatic nitrogens is 2. The van der Waals surface area contributed by atoms with Gasteiger partial charge in [0.15, 0.2) is 0 Å². The minimum Gasteiger partial charge on any atom is -0.465 e. The topological polar surface area (TPSA) is 84.5 Å². The molecule has 1 heterocycles. The highest BCUT2D eigenvalue weighted by molar-refractivity contribution is 5.93. The Morgan fingerprint density at radius 2 is 1.83 bits per heavy atom. The van der Waals surface area contributed by atoms with Crippen LogP contribution in [0.2, 0.25) is 0 Å². The molecule has 0 unspecified atom stereocenters. The lowest BCUT2D eigenvalue weighted by molar-refractivity contribution is -0.274. The van der Waals surface area contributed by atoms with Gasteiger partial charge in [-0.1, -0.05) is 12.1 Å². The molecule has 0 saturated heterocycles. The van der Waals surface area contributed by atoms with E-state index in [0.717, 1.165) is 5.56 Å². The molecule has 0 aliphatic heterocycles. The van der Waals surface area contributed by atoms with Gasteiger partial charge in [-0.05, 0) is 42.9 Å². The lowest BCUT2D eigenvalue weighted by Crippen LogP contribution is -2.22. The second-order valence-electron chi connectivity index (χ2n) is 6.60. The number of esters is 1. The van der Waals surface area contributed by atoms with E-state index in [0.29, 0.717) is 23.3 Å². The molecule has 158 valence electrons. The van der Waals surface area contributed by atoms with Crippen molar-refractivity contribution in [3.8, 4) is 5.75 Å². The third-order valence-electron chi connectivity index (χ3n) is 4.21. The molecule has 0 amide bonds. The van der Waals surface area contributed by atoms with Gasteiger partial charge in [0, 0.05) is 6.54 Å². The summed E-state index contributed by atoms with van der Waals surface area (Å²) >= 11 is 0. The number of benzene rings is 2. The van der Waals surface area contributed by atoms with Crippen molar-refractivity contribution in [1.29, 1.82) is 0 Å². The van der Waals surface area contributed by atoms with Gasteiger partial charge in [-0.25, -0.2) is 9.78 Å². The molecule has 0 bridgehead atoms. The summed E-state index contributed by atoms with van der Waals surface area (Å²) in [5.41, 5.74) is 1.05. The van der Waals surface area contributed by atoms with Crippen LogP contribution in [0, 0.1) is 0 Å². The molecule has 0 spiro atoms. The third kappa shape index (κ3) is 5.35. The number of aromatic amines is 1. The summed E-state index contributed by atoms with van der Waals surface area (Å²) in [4.78, 5) is 32.9. The molecule has 0 saturated carbocycles. The largest absolute Gasteiger partial charge is 0.573 e. The van der Waals surface area contributed by atoms with Crippen molar-refractivity contribution in [3.63, 3.8) is 0 Å². The van der Waals surface area contributed by atoms with Crippen molar-refractivity contribution in [2.24, 2.45) is 0 Å². The summed E-state index contributed by atoms with van der Waals surface area (Å²) in [7, 11) is 3.04. The highest BCUT2D eigenvalue weighted by Gasteiger charge is 2.30. The van der Waals surface area contributed by atoms with Crippen LogP contribution < -0.4 is 10.3 Å². The van der Waals surface area contributed by atoms with Gasteiger partial charge >= 0.3 is 12.3 Å². The first-order valence-corrected chi connectivity index (χ1v) is 8.79. The number of carbonyl (C=O) groups is 1. The van der Waals surface area contributed by atoms with Gasteiger partial charge < -0.3 is 14.5 Å². The van der Waals surface area contributed by atoms with Crippen LogP contribution in [0.4, 0.5) is 13.2 Å². The molecule has 0 aliphatic rings. The highest BCUT2D eigenvalue weighted by Crippen LogP contribution is 2.23. The van der Waals surface area contributed by atoms with E-state index in [-0.39, 0.29) is 23.4 Å². The van der Waals surface area contributed by atoms with Gasteiger partial charge in [0.05, 0.1) is 30.1 Å². The smallest absolute Gasteiger partial charge is 0.465 e. The van der Waals surface area contributed by atoms with Gasteiger partial charge in [-0.15, -0.1) is 13.2 Å². The van der Waals surface area contributed by atoms with Crippen molar-refractivity contribution >= 4 is 16.9 Å². The van der Waals surface area contributed by atoms with Crippen LogP contribution in [0.5, 0.6) is 5.75 Å². The number of ether oxygens (including phenoxy) is 2. The van der Waals surface area contributed by atoms with E-state index in [1.54, 1.807) is 7.05 Å². The number of hydrogen-bond donors (Lipinski definition) is 1. The van der Waals surface area contributed by atoms with E-state index in [9.17, 15) is 22.8 Å². The molecule has 0 aliphatic carbocycles. The second-order valence-corrected chi connectivity index (χ2v) is 6.60. The number of fused-ring (bicyclic) bond motifs is 1. The molecule has 0 radical (unpaired) electrons. The Labute approximate surface area is 169 Å². The van der Waals surface area contributed by atoms with Crippen LogP contribution in [-0.4, -0.2) is 41.4 Å². The van der Waals surface area contributed by atoms with E-state index in [2.05, 4.69) is 19.4 Å². The Hall–Kier alpha value is -3.40. The van der Waals surface area contributed by atoms with Gasteiger partial charge in [0.2, 0.25) is 0 Å². The van der Waals surface area contributed by atoms with Gasteiger partial charge in [0.1, 0.15) is 11.6 Å². The number of hydrogen-bond acceptors (Lipinski definition) is 6. The summed E-state index contributed by atoms with van der Waals surface area (Å²) in [6, 6.07) is 10.0. The molecule has 10 heteroatoms. The van der Waals surface area contributed by atoms with Gasteiger partial charge in [0.25, 0.3) is 5.56 Å². The number of rotatable bonds is 6. The van der Waals surface area contributed by atoms with Gasteiger partial charge in [-0.2, -0.15) is 0 Å². The lowest BCUT2D eigenvalue weighted by atomic mass is 10.1. The van der Waals surface area contributed by atoms with E-state index in [1.165, 1.54) is 49.6 Å². The molecule has 3 rings (SSSR count). The van der Waals surface area contributed by atoms with Crippen molar-refractivity contribution < 1.29 is 27.4 Å². The molecule has 7 nitrogen and oxygen atoms in total. The third-order valence-corrected chi connectivity index (χ3v) is 4.21. The average molecular weight is 421 g/mol. The average Bonchev–Trinajstić information content (AvgIpc) is 2.67. The summed E-state index contributed by atoms with van der Waals surface area (Å²) in [5.74, 6) is -0.444. The minimum absolute atomic E-state index is 0.272. The van der Waals surface area contributed by atoms with Crippen LogP contribution in [0.25, 0.3) is 10.9 Å². The fraction of sp³-hybridized carbons (Fsp3) is 0.250. The maximum absolute atomic E-state index is 12.3. The maximum Gasteiger partial charge on any atom is 0.573 e. The molecule has 3 aromatic rings. The number of halogens is 3. The van der Waals surface area contributed by atoms with E-state index in [1.807, 2.05) is 4.90 Å². The Morgan fingerprint density at radius 3 is 2.47 bits per heavy atom. The zero-order valence-electron chi connectivity index (χ0n) is 16.1. The van der Waals surface area contributed by atoms with Crippen LogP contribution >= 0.6 is 0 Å². The Kier molecular flexibility index (Phi) is 6.06. The molecule has 0 fully saturated rings. The van der Waals surface area contributed by atoms with Gasteiger partial charge in [-0.3, -0.25) is 9.69 Å². The number of alkyl halides is 3. The molecular weight excluding hydrogens is 403 g/mol. The van der Waals surface area contributed by atoms with Crippen molar-refractivity contribution in [2.45, 2.75) is 19.5 Å². The highest BCUT2D eigenvalue weighted by atomic mass is 19.4. The normalized spacial score (nSPS) is 11.7. The van der Waals surface area contributed by atoms with Crippen LogP contribution in [0.3, 0.4) is 0 Å². The molecule has 1 N–H and O–H groups in total. The Bertz CT molecular complexity index is 1110. The minimum atomic E-state index is -4.74. The fourth-order valence-corrected chi connectivity index (χ4v) is 2.93. The van der Waals surface area contributed by atoms with E-state index >= 15 is 0 Å². The lowest BCUT2D eigenvalue weighted by Gasteiger charge is -2.17. The molecule has 30 heavy (non-hydrogen) atoms. The van der Waals surface area contributed by atoms with Crippen molar-refractivity contribution in [2.75, 3.05) is 14.2 Å². The number of H-pyrrole nitrogens is 1. The fourth-order valence-electron chi connectivity index (χ4n) is 2.93. The maximum atomic E-state index is 12.3. The zero-order valence-corrected chi connectivity index (χ0v) is 16.1. The molecular formula is C20H18F3N3O4. The number of methoxy groups -OCH3 is 1. The summed E-state index contributed by atoms with van der Waals surface area (Å²) in [5, 5.41) is 0.342. The first kappa shape index (κ1) is 21.3. The standard InChI is InChI=1S/C20H18F3N3O4/c1-26(10-12-3-6-14(7-4-12)30-20(21,22)23)11-17-24-16-9-13(19(28)29-2)5-8-15(16)18(27)25-17/h3-9H,10-11H2,1-2H3,(H,24,25,27). The predicted molar refractivity (Wildman–Crippen MR) is 102 cm³/mol. The molecule has 2 aromatic carbocycles. The number of nitrogens with zero attached hydrogens (tertiary/aromatic N) is 2. The van der Waals surface area contributed by atoms with Crippen LogP contribution in [-0.2, 0) is 17.8 Å². The Balaban J connectivity index is 1.73. The Morgan fingerprint density at radius 1 is 1.13 bits per heavy atom. The predicted octanol–water partition coefficient (Wildman–Crippen LogP) is 3.24. The second kappa shape index (κ2) is 8.54. The first-order chi connectivity index (χ1) is 14.1. The number of carbonyl (C=O) groups excluding carboxylic acids is 1. The zero-order chi connectivity index (χ0) is 21.9. The monoisotopic (exact) mass is 421 g/mol. The van der Waals surface area contributed by atoms with Crippen molar-refractivity contribution in [3.05, 3.63) is 69.8 Å². The summed E-state index contributed by atoms with van der Waals surface area (Å²) < 4.78 is 45.2. The SMILES string of the molecule is COC(=O)c1ccc2c(=O)[nH]c(CN(C)Cc3ccc(OC(F)(F)F)cc3)nc2c1. The van der Waals surface area contributed by atoms with Crippen LogP contribution in [0.15, 0.2) is 47.3 Å². The first-order valence-electron chi connectivity index (χ1n) is 8.79. The van der Waals surface area contributed by atoms with Crippen molar-refractivity contribution in [1.82, 2.24) is 14.9 Å². The quantitative estimate of drug-likeness (QED) is 0.616. The van der Waals surface area contributed by atoms with E-state index in [4.69, 9.17) is 0 Å². The summed E-state index contributed by atoms with van der Waals surface area (Å²) in [6.45, 7) is 0.671. The van der Waals surface area contributed by atoms with E-state index < -0.39 is 12.3 Å². The number of nitrogens with one attached hydrogen (secondary N) is 1. The molecule has 1 aromatic heterocycles.